The van der Waals surface area contributed by atoms with Crippen LogP contribution >= 0.6 is 34.8 Å². The molecule has 2 aromatic rings. The standard InChI is InChI=1S/C16H12Cl3NO/c17-10-3-1-9(2-4-10)16(20-21)14-8-13(14)12-6-5-11(18)7-15(12)19/h1-7,13-14,21H,8H2/b20-16-/t13-,14-/m0/s1. The molecule has 0 bridgehead atoms. The molecule has 0 saturated heterocycles. The summed E-state index contributed by atoms with van der Waals surface area (Å²) in [4.78, 5) is 0. The minimum absolute atomic E-state index is 0.162. The van der Waals surface area contributed by atoms with Crippen molar-refractivity contribution >= 4 is 40.5 Å². The average molecular weight is 341 g/mol. The molecule has 21 heavy (non-hydrogen) atoms. The lowest BCUT2D eigenvalue weighted by Crippen LogP contribution is -2.05. The Morgan fingerprint density at radius 1 is 1.00 bits per heavy atom. The van der Waals surface area contributed by atoms with Crippen LogP contribution in [0.2, 0.25) is 15.1 Å². The Hall–Kier alpha value is -1.22. The minimum atomic E-state index is 0.162. The maximum atomic E-state index is 9.34. The van der Waals surface area contributed by atoms with Crippen LogP contribution in [0.4, 0.5) is 0 Å². The lowest BCUT2D eigenvalue weighted by molar-refractivity contribution is 0.317. The monoisotopic (exact) mass is 339 g/mol. The van der Waals surface area contributed by atoms with Crippen LogP contribution in [0.1, 0.15) is 23.5 Å². The Balaban J connectivity index is 1.84. The van der Waals surface area contributed by atoms with Crippen molar-refractivity contribution in [2.75, 3.05) is 0 Å². The van der Waals surface area contributed by atoms with Gasteiger partial charge in [-0.1, -0.05) is 58.2 Å². The van der Waals surface area contributed by atoms with Gasteiger partial charge in [0.15, 0.2) is 0 Å². The molecule has 0 heterocycles. The summed E-state index contributed by atoms with van der Waals surface area (Å²) in [5, 5.41) is 14.7. The third-order valence-corrected chi connectivity index (χ3v) is 4.57. The third kappa shape index (κ3) is 3.03. The van der Waals surface area contributed by atoms with E-state index in [0.717, 1.165) is 17.5 Å². The van der Waals surface area contributed by atoms with Crippen molar-refractivity contribution < 1.29 is 5.21 Å². The summed E-state index contributed by atoms with van der Waals surface area (Å²) in [5.74, 6) is 0.422. The molecular formula is C16H12Cl3NO. The summed E-state index contributed by atoms with van der Waals surface area (Å²) >= 11 is 18.0. The Morgan fingerprint density at radius 3 is 2.29 bits per heavy atom. The van der Waals surface area contributed by atoms with E-state index in [0.29, 0.717) is 20.8 Å². The van der Waals surface area contributed by atoms with Crippen LogP contribution in [-0.4, -0.2) is 10.9 Å². The van der Waals surface area contributed by atoms with Gasteiger partial charge in [0.1, 0.15) is 0 Å². The summed E-state index contributed by atoms with van der Waals surface area (Å²) in [6.45, 7) is 0. The number of oxime groups is 1. The highest BCUT2D eigenvalue weighted by atomic mass is 35.5. The van der Waals surface area contributed by atoms with Crippen LogP contribution in [-0.2, 0) is 0 Å². The molecule has 2 atom stereocenters. The van der Waals surface area contributed by atoms with Gasteiger partial charge >= 0.3 is 0 Å². The van der Waals surface area contributed by atoms with E-state index in [9.17, 15) is 5.21 Å². The molecule has 0 aromatic heterocycles. The lowest BCUT2D eigenvalue weighted by atomic mass is 10.0. The van der Waals surface area contributed by atoms with Gasteiger partial charge in [0, 0.05) is 21.0 Å². The van der Waals surface area contributed by atoms with Crippen LogP contribution in [0.25, 0.3) is 0 Å². The number of rotatable bonds is 3. The van der Waals surface area contributed by atoms with Crippen LogP contribution in [0.5, 0.6) is 0 Å². The van der Waals surface area contributed by atoms with E-state index in [1.165, 1.54) is 0 Å². The molecule has 2 aromatic carbocycles. The highest BCUT2D eigenvalue weighted by Gasteiger charge is 2.43. The van der Waals surface area contributed by atoms with Crippen molar-refractivity contribution in [3.63, 3.8) is 0 Å². The zero-order chi connectivity index (χ0) is 15.0. The number of hydrogen-bond acceptors (Lipinski definition) is 2. The summed E-state index contributed by atoms with van der Waals surface area (Å²) in [6, 6.07) is 12.8. The fourth-order valence-corrected chi connectivity index (χ4v) is 3.28. The molecule has 0 spiro atoms. The van der Waals surface area contributed by atoms with E-state index in [1.54, 1.807) is 18.2 Å². The molecule has 2 nitrogen and oxygen atoms in total. The second-order valence-corrected chi connectivity index (χ2v) is 6.39. The lowest BCUT2D eigenvalue weighted by Gasteiger charge is -2.06. The zero-order valence-electron chi connectivity index (χ0n) is 10.9. The average Bonchev–Trinajstić information content (AvgIpc) is 3.22. The first-order valence-corrected chi connectivity index (χ1v) is 7.66. The first-order valence-electron chi connectivity index (χ1n) is 6.53. The van der Waals surface area contributed by atoms with Gasteiger partial charge in [0.25, 0.3) is 0 Å². The molecule has 0 unspecified atom stereocenters. The molecule has 0 aliphatic heterocycles. The predicted octanol–water partition coefficient (Wildman–Crippen LogP) is 5.63. The second kappa shape index (κ2) is 5.88. The van der Waals surface area contributed by atoms with E-state index in [1.807, 2.05) is 24.3 Å². The predicted molar refractivity (Wildman–Crippen MR) is 87.1 cm³/mol. The van der Waals surface area contributed by atoms with Crippen LogP contribution in [0.15, 0.2) is 47.6 Å². The van der Waals surface area contributed by atoms with Crippen molar-refractivity contribution in [1.82, 2.24) is 0 Å². The zero-order valence-corrected chi connectivity index (χ0v) is 13.2. The minimum Gasteiger partial charge on any atom is -0.411 e. The molecule has 1 saturated carbocycles. The molecule has 5 heteroatoms. The summed E-state index contributed by atoms with van der Waals surface area (Å²) in [7, 11) is 0. The van der Waals surface area contributed by atoms with Crippen LogP contribution in [0.3, 0.4) is 0 Å². The largest absolute Gasteiger partial charge is 0.411 e. The molecule has 0 amide bonds. The summed E-state index contributed by atoms with van der Waals surface area (Å²) in [5.41, 5.74) is 2.59. The van der Waals surface area contributed by atoms with Gasteiger partial charge in [-0.25, -0.2) is 0 Å². The van der Waals surface area contributed by atoms with Gasteiger partial charge in [-0.2, -0.15) is 0 Å². The summed E-state index contributed by atoms with van der Waals surface area (Å²) < 4.78 is 0. The van der Waals surface area contributed by atoms with Gasteiger partial charge in [-0.3, -0.25) is 0 Å². The van der Waals surface area contributed by atoms with Gasteiger partial charge in [0.05, 0.1) is 5.71 Å². The van der Waals surface area contributed by atoms with Gasteiger partial charge < -0.3 is 5.21 Å². The molecule has 1 aliphatic rings. The highest BCUT2D eigenvalue weighted by Crippen LogP contribution is 2.51. The third-order valence-electron chi connectivity index (χ3n) is 3.75. The van der Waals surface area contributed by atoms with Crippen LogP contribution in [0, 0.1) is 5.92 Å². The van der Waals surface area contributed by atoms with Gasteiger partial charge in [0.2, 0.25) is 0 Å². The molecule has 1 fully saturated rings. The quantitative estimate of drug-likeness (QED) is 0.438. The molecule has 3 rings (SSSR count). The van der Waals surface area contributed by atoms with Crippen molar-refractivity contribution in [2.45, 2.75) is 12.3 Å². The van der Waals surface area contributed by atoms with Crippen molar-refractivity contribution in [2.24, 2.45) is 11.1 Å². The fourth-order valence-electron chi connectivity index (χ4n) is 2.61. The molecule has 108 valence electrons. The Bertz CT molecular complexity index is 697. The van der Waals surface area contributed by atoms with Crippen molar-refractivity contribution in [3.05, 3.63) is 68.7 Å². The van der Waals surface area contributed by atoms with E-state index >= 15 is 0 Å². The smallest absolute Gasteiger partial charge is 0.0904 e. The maximum absolute atomic E-state index is 9.34. The van der Waals surface area contributed by atoms with Gasteiger partial charge in [-0.05, 0) is 47.7 Å². The number of halogens is 3. The molecule has 1 N–H and O–H groups in total. The first-order chi connectivity index (χ1) is 10.1. The topological polar surface area (TPSA) is 32.6 Å². The molecular weight excluding hydrogens is 329 g/mol. The first kappa shape index (κ1) is 14.7. The van der Waals surface area contributed by atoms with Gasteiger partial charge in [-0.15, -0.1) is 0 Å². The fraction of sp³-hybridized carbons (Fsp3) is 0.188. The van der Waals surface area contributed by atoms with Crippen molar-refractivity contribution in [3.8, 4) is 0 Å². The Kier molecular flexibility index (Phi) is 4.12. The number of nitrogens with zero attached hydrogens (tertiary/aromatic N) is 1. The summed E-state index contributed by atoms with van der Waals surface area (Å²) in [6.07, 6.45) is 0.906. The number of hydrogen-bond donors (Lipinski definition) is 1. The highest BCUT2D eigenvalue weighted by molar-refractivity contribution is 6.35. The van der Waals surface area contributed by atoms with E-state index < -0.39 is 0 Å². The van der Waals surface area contributed by atoms with E-state index in [2.05, 4.69) is 5.16 Å². The Morgan fingerprint density at radius 2 is 1.67 bits per heavy atom. The normalized spacial score (nSPS) is 21.4. The van der Waals surface area contributed by atoms with Crippen molar-refractivity contribution in [1.29, 1.82) is 0 Å². The van der Waals surface area contributed by atoms with Crippen LogP contribution < -0.4 is 0 Å². The molecule has 0 radical (unpaired) electrons. The molecule has 1 aliphatic carbocycles. The Labute approximate surface area is 137 Å². The van der Waals surface area contributed by atoms with E-state index in [4.69, 9.17) is 34.8 Å². The number of benzene rings is 2. The van der Waals surface area contributed by atoms with E-state index in [-0.39, 0.29) is 11.8 Å². The second-order valence-electron chi connectivity index (χ2n) is 5.11. The SMILES string of the molecule is O/N=C(/c1ccc(Cl)cc1)[C@H]1C[C@H]1c1ccc(Cl)cc1Cl. The maximum Gasteiger partial charge on any atom is 0.0904 e.